The zero-order valence-electron chi connectivity index (χ0n) is 8.21. The van der Waals surface area contributed by atoms with E-state index in [-0.39, 0.29) is 0 Å². The SMILES string of the molecule is CNC(C)CN1CC2CCC1C2. The van der Waals surface area contributed by atoms with Crippen LogP contribution in [0.5, 0.6) is 0 Å². The molecule has 0 radical (unpaired) electrons. The largest absolute Gasteiger partial charge is 0.316 e. The van der Waals surface area contributed by atoms with Gasteiger partial charge in [-0.25, -0.2) is 0 Å². The van der Waals surface area contributed by atoms with Gasteiger partial charge in [0.2, 0.25) is 0 Å². The van der Waals surface area contributed by atoms with Crippen molar-refractivity contribution in [2.45, 2.75) is 38.3 Å². The fourth-order valence-electron chi connectivity index (χ4n) is 2.69. The summed E-state index contributed by atoms with van der Waals surface area (Å²) in [4.78, 5) is 2.68. The minimum atomic E-state index is 0.657. The third-order valence-corrected chi connectivity index (χ3v) is 3.52. The number of piperidine rings is 1. The second kappa shape index (κ2) is 3.35. The number of hydrogen-bond donors (Lipinski definition) is 1. The molecule has 1 aliphatic carbocycles. The van der Waals surface area contributed by atoms with E-state index in [9.17, 15) is 0 Å². The van der Waals surface area contributed by atoms with Gasteiger partial charge < -0.3 is 5.32 Å². The normalized spacial score (nSPS) is 37.5. The quantitative estimate of drug-likeness (QED) is 0.678. The molecule has 3 unspecified atom stereocenters. The van der Waals surface area contributed by atoms with Gasteiger partial charge in [0.05, 0.1) is 0 Å². The van der Waals surface area contributed by atoms with Crippen molar-refractivity contribution in [3.05, 3.63) is 0 Å². The Balaban J connectivity index is 1.82. The first-order chi connectivity index (χ1) is 5.79. The molecule has 0 spiro atoms. The molecule has 3 atom stereocenters. The van der Waals surface area contributed by atoms with Crippen molar-refractivity contribution < 1.29 is 0 Å². The van der Waals surface area contributed by atoms with Gasteiger partial charge in [0.1, 0.15) is 0 Å². The Morgan fingerprint density at radius 1 is 1.50 bits per heavy atom. The van der Waals surface area contributed by atoms with Crippen LogP contribution in [0.3, 0.4) is 0 Å². The summed E-state index contributed by atoms with van der Waals surface area (Å²) >= 11 is 0. The van der Waals surface area contributed by atoms with E-state index < -0.39 is 0 Å². The summed E-state index contributed by atoms with van der Waals surface area (Å²) < 4.78 is 0. The number of hydrogen-bond acceptors (Lipinski definition) is 2. The molecule has 0 amide bonds. The van der Waals surface area contributed by atoms with Crippen molar-refractivity contribution in [1.82, 2.24) is 10.2 Å². The first-order valence-corrected chi connectivity index (χ1v) is 5.21. The third-order valence-electron chi connectivity index (χ3n) is 3.52. The van der Waals surface area contributed by atoms with E-state index in [0.29, 0.717) is 6.04 Å². The van der Waals surface area contributed by atoms with Crippen LogP contribution in [0.25, 0.3) is 0 Å². The molecule has 1 saturated carbocycles. The van der Waals surface area contributed by atoms with Crippen molar-refractivity contribution in [3.63, 3.8) is 0 Å². The van der Waals surface area contributed by atoms with Gasteiger partial charge >= 0.3 is 0 Å². The summed E-state index contributed by atoms with van der Waals surface area (Å²) in [7, 11) is 2.05. The zero-order valence-corrected chi connectivity index (χ0v) is 8.21. The van der Waals surface area contributed by atoms with Crippen LogP contribution in [0.4, 0.5) is 0 Å². The molecule has 2 fully saturated rings. The van der Waals surface area contributed by atoms with Crippen molar-refractivity contribution in [3.8, 4) is 0 Å². The standard InChI is InChI=1S/C10H20N2/c1-8(11-2)6-12-7-9-3-4-10(12)5-9/h8-11H,3-7H2,1-2H3. The van der Waals surface area contributed by atoms with E-state index in [1.165, 1.54) is 32.4 Å². The molecule has 2 rings (SSSR count). The molecule has 0 aromatic carbocycles. The Bertz CT molecular complexity index is 158. The Kier molecular flexibility index (Phi) is 2.37. The van der Waals surface area contributed by atoms with Crippen LogP contribution in [0, 0.1) is 5.92 Å². The Morgan fingerprint density at radius 2 is 2.33 bits per heavy atom. The monoisotopic (exact) mass is 168 g/mol. The Labute approximate surface area is 75.3 Å². The number of nitrogens with one attached hydrogen (secondary N) is 1. The lowest BCUT2D eigenvalue weighted by Crippen LogP contribution is -2.41. The summed E-state index contributed by atoms with van der Waals surface area (Å²) in [5.41, 5.74) is 0. The van der Waals surface area contributed by atoms with Gasteiger partial charge in [-0.15, -0.1) is 0 Å². The summed E-state index contributed by atoms with van der Waals surface area (Å²) in [5, 5.41) is 3.31. The van der Waals surface area contributed by atoms with E-state index in [1.807, 2.05) is 0 Å². The maximum atomic E-state index is 3.31. The number of rotatable bonds is 3. The maximum Gasteiger partial charge on any atom is 0.0163 e. The van der Waals surface area contributed by atoms with Gasteiger partial charge in [0.15, 0.2) is 0 Å². The molecule has 70 valence electrons. The van der Waals surface area contributed by atoms with Gasteiger partial charge in [-0.3, -0.25) is 4.90 Å². The molecule has 1 N–H and O–H groups in total. The lowest BCUT2D eigenvalue weighted by molar-refractivity contribution is 0.197. The van der Waals surface area contributed by atoms with Gasteiger partial charge in [0.25, 0.3) is 0 Å². The minimum absolute atomic E-state index is 0.657. The van der Waals surface area contributed by atoms with Crippen LogP contribution < -0.4 is 5.32 Å². The van der Waals surface area contributed by atoms with Gasteiger partial charge in [-0.1, -0.05) is 0 Å². The van der Waals surface area contributed by atoms with E-state index in [0.717, 1.165) is 12.0 Å². The van der Waals surface area contributed by atoms with Crippen LogP contribution in [0.15, 0.2) is 0 Å². The first-order valence-electron chi connectivity index (χ1n) is 5.21. The molecule has 0 aromatic heterocycles. The highest BCUT2D eigenvalue weighted by molar-refractivity contribution is 4.92. The summed E-state index contributed by atoms with van der Waals surface area (Å²) in [6, 6.07) is 1.59. The van der Waals surface area contributed by atoms with Crippen LogP contribution in [-0.2, 0) is 0 Å². The van der Waals surface area contributed by atoms with Crippen LogP contribution >= 0.6 is 0 Å². The van der Waals surface area contributed by atoms with Gasteiger partial charge in [-0.05, 0) is 39.2 Å². The topological polar surface area (TPSA) is 15.3 Å². The lowest BCUT2D eigenvalue weighted by Gasteiger charge is -2.29. The first kappa shape index (κ1) is 8.52. The molecule has 2 heteroatoms. The third kappa shape index (κ3) is 1.50. The van der Waals surface area contributed by atoms with E-state index in [2.05, 4.69) is 24.2 Å². The Hall–Kier alpha value is -0.0800. The predicted octanol–water partition coefficient (Wildman–Crippen LogP) is 1.08. The van der Waals surface area contributed by atoms with Gasteiger partial charge in [-0.2, -0.15) is 0 Å². The molecule has 1 aliphatic heterocycles. The molecular weight excluding hydrogens is 148 g/mol. The van der Waals surface area contributed by atoms with Gasteiger partial charge in [0, 0.05) is 25.2 Å². The molecule has 12 heavy (non-hydrogen) atoms. The second-order valence-corrected chi connectivity index (χ2v) is 4.48. The lowest BCUT2D eigenvalue weighted by atomic mass is 10.1. The Morgan fingerprint density at radius 3 is 2.83 bits per heavy atom. The van der Waals surface area contributed by atoms with Crippen molar-refractivity contribution in [2.75, 3.05) is 20.1 Å². The van der Waals surface area contributed by atoms with Crippen LogP contribution in [-0.4, -0.2) is 37.1 Å². The number of likely N-dealkylation sites (N-methyl/N-ethyl adjacent to an activating group) is 1. The maximum absolute atomic E-state index is 3.31. The molecule has 2 aliphatic rings. The molecular formula is C10H20N2. The van der Waals surface area contributed by atoms with Crippen molar-refractivity contribution in [2.24, 2.45) is 5.92 Å². The second-order valence-electron chi connectivity index (χ2n) is 4.48. The van der Waals surface area contributed by atoms with Crippen LogP contribution in [0.1, 0.15) is 26.2 Å². The number of nitrogens with zero attached hydrogens (tertiary/aromatic N) is 1. The minimum Gasteiger partial charge on any atom is -0.316 e. The molecule has 2 bridgehead atoms. The van der Waals surface area contributed by atoms with Crippen molar-refractivity contribution >= 4 is 0 Å². The molecule has 0 aromatic rings. The molecule has 2 nitrogen and oxygen atoms in total. The average molecular weight is 168 g/mol. The summed E-state index contributed by atoms with van der Waals surface area (Å²) in [5.74, 6) is 1.04. The van der Waals surface area contributed by atoms with E-state index in [1.54, 1.807) is 0 Å². The average Bonchev–Trinajstić information content (AvgIpc) is 2.64. The highest BCUT2D eigenvalue weighted by Crippen LogP contribution is 2.37. The highest BCUT2D eigenvalue weighted by atomic mass is 15.2. The highest BCUT2D eigenvalue weighted by Gasteiger charge is 2.37. The van der Waals surface area contributed by atoms with E-state index >= 15 is 0 Å². The number of fused-ring (bicyclic) bond motifs is 2. The summed E-state index contributed by atoms with van der Waals surface area (Å²) in [6.45, 7) is 4.89. The molecule has 1 heterocycles. The molecule has 1 saturated heterocycles. The van der Waals surface area contributed by atoms with Crippen molar-refractivity contribution in [1.29, 1.82) is 0 Å². The van der Waals surface area contributed by atoms with Crippen LogP contribution in [0.2, 0.25) is 0 Å². The fraction of sp³-hybridized carbons (Fsp3) is 1.00. The fourth-order valence-corrected chi connectivity index (χ4v) is 2.69. The zero-order chi connectivity index (χ0) is 8.55. The van der Waals surface area contributed by atoms with E-state index in [4.69, 9.17) is 0 Å². The number of likely N-dealkylation sites (tertiary alicyclic amines) is 1. The predicted molar refractivity (Wildman–Crippen MR) is 51.2 cm³/mol. The summed E-state index contributed by atoms with van der Waals surface area (Å²) in [6.07, 6.45) is 4.44. The smallest absolute Gasteiger partial charge is 0.0163 e.